The fraction of sp³-hybridized carbons (Fsp3) is 1.00. The van der Waals surface area contributed by atoms with E-state index in [1.807, 2.05) is 0 Å². The van der Waals surface area contributed by atoms with Crippen molar-refractivity contribution in [1.29, 1.82) is 0 Å². The van der Waals surface area contributed by atoms with Crippen LogP contribution in [0.3, 0.4) is 0 Å². The summed E-state index contributed by atoms with van der Waals surface area (Å²) in [7, 11) is 0. The maximum absolute atomic E-state index is 11.3. The Morgan fingerprint density at radius 2 is 1.40 bits per heavy atom. The molecule has 0 aliphatic heterocycles. The molecule has 0 bridgehead atoms. The second kappa shape index (κ2) is 7.79. The van der Waals surface area contributed by atoms with Crippen molar-refractivity contribution in [3.63, 3.8) is 0 Å². The molecule has 10 heavy (non-hydrogen) atoms. The molecule has 0 fully saturated rings. The second-order valence-electron chi connectivity index (χ2n) is 2.75. The molecule has 0 unspecified atom stereocenters. The Morgan fingerprint density at radius 1 is 1.00 bits per heavy atom. The maximum atomic E-state index is 11.3. The van der Waals surface area contributed by atoms with E-state index in [1.54, 1.807) is 0 Å². The van der Waals surface area contributed by atoms with Gasteiger partial charge in [-0.2, -0.15) is 0 Å². The van der Waals surface area contributed by atoms with Gasteiger partial charge < -0.3 is 0 Å². The van der Waals surface area contributed by atoms with E-state index in [2.05, 4.69) is 13.8 Å². The first-order valence-electron chi connectivity index (χ1n) is 4.33. The Labute approximate surface area is 72.3 Å². The molecule has 1 nitrogen and oxygen atoms in total. The van der Waals surface area contributed by atoms with Crippen LogP contribution in [0.5, 0.6) is 0 Å². The molecule has 0 radical (unpaired) electrons. The molecule has 0 saturated carbocycles. The number of hydrogen-bond acceptors (Lipinski definition) is 1. The van der Waals surface area contributed by atoms with Crippen molar-refractivity contribution in [2.45, 2.75) is 47.8 Å². The average molecular weight is 340 g/mol. The average Bonchev–Trinajstić information content (AvgIpc) is 1.97. The van der Waals surface area contributed by atoms with Crippen LogP contribution in [0.2, 0.25) is 8.26 Å². The summed E-state index contributed by atoms with van der Waals surface area (Å²) in [6.45, 7) is 4.33. The molecule has 0 atom stereocenters. The molecule has 62 valence electrons. The first-order valence-corrected chi connectivity index (χ1v) is 11.4. The van der Waals surface area contributed by atoms with Gasteiger partial charge in [0.25, 0.3) is 0 Å². The van der Waals surface area contributed by atoms with Crippen LogP contribution in [0, 0.1) is 0 Å². The SMILES string of the molecule is CCC[CH2][BiH](=[O])[CH2]CCC. The number of unbranched alkanes of at least 4 members (excludes halogenated alkanes) is 2. The first kappa shape index (κ1) is 10.7. The van der Waals surface area contributed by atoms with Crippen LogP contribution in [0.1, 0.15) is 39.5 Å². The Bertz CT molecular complexity index is 81.3. The van der Waals surface area contributed by atoms with E-state index < -0.39 is 21.8 Å². The molecule has 0 aliphatic carbocycles. The van der Waals surface area contributed by atoms with Crippen molar-refractivity contribution in [2.75, 3.05) is 0 Å². The summed E-state index contributed by atoms with van der Waals surface area (Å²) in [5, 5.41) is 0. The molecule has 0 aromatic heterocycles. The van der Waals surface area contributed by atoms with Gasteiger partial charge >= 0.3 is 72.4 Å². The van der Waals surface area contributed by atoms with Gasteiger partial charge in [0, 0.05) is 0 Å². The minimum absolute atomic E-state index is 1.10. The third-order valence-electron chi connectivity index (χ3n) is 1.62. The quantitative estimate of drug-likeness (QED) is 0.680. The van der Waals surface area contributed by atoms with Crippen LogP contribution in [-0.2, 0) is 2.81 Å². The third-order valence-corrected chi connectivity index (χ3v) is 8.70. The summed E-state index contributed by atoms with van der Waals surface area (Å²) in [5.74, 6) is 0. The van der Waals surface area contributed by atoms with E-state index >= 15 is 0 Å². The summed E-state index contributed by atoms with van der Waals surface area (Å²) >= 11 is -2.13. The predicted molar refractivity (Wildman–Crippen MR) is 47.3 cm³/mol. The molecule has 0 amide bonds. The van der Waals surface area contributed by atoms with E-state index in [4.69, 9.17) is 0 Å². The molecule has 0 saturated heterocycles. The van der Waals surface area contributed by atoms with Crippen molar-refractivity contribution in [2.24, 2.45) is 0 Å². The van der Waals surface area contributed by atoms with Crippen molar-refractivity contribution in [1.82, 2.24) is 0 Å². The molecule has 0 aromatic carbocycles. The van der Waals surface area contributed by atoms with E-state index in [-0.39, 0.29) is 0 Å². The van der Waals surface area contributed by atoms with E-state index in [9.17, 15) is 2.81 Å². The number of rotatable bonds is 6. The Balaban J connectivity index is 3.09. The van der Waals surface area contributed by atoms with Gasteiger partial charge in [-0.05, 0) is 0 Å². The van der Waals surface area contributed by atoms with Crippen LogP contribution in [-0.4, -0.2) is 21.8 Å². The zero-order valence-electron chi connectivity index (χ0n) is 7.15. The van der Waals surface area contributed by atoms with Gasteiger partial charge in [-0.1, -0.05) is 0 Å². The summed E-state index contributed by atoms with van der Waals surface area (Å²) in [6, 6.07) is 0. The molecule has 0 aromatic rings. The summed E-state index contributed by atoms with van der Waals surface area (Å²) in [6.07, 6.45) is 4.83. The van der Waals surface area contributed by atoms with E-state index in [1.165, 1.54) is 25.7 Å². The summed E-state index contributed by atoms with van der Waals surface area (Å²) in [4.78, 5) is 0. The van der Waals surface area contributed by atoms with Gasteiger partial charge in [-0.15, -0.1) is 0 Å². The van der Waals surface area contributed by atoms with Crippen LogP contribution >= 0.6 is 0 Å². The van der Waals surface area contributed by atoms with Crippen molar-refractivity contribution in [3.05, 3.63) is 0 Å². The van der Waals surface area contributed by atoms with Gasteiger partial charge in [0.15, 0.2) is 0 Å². The topological polar surface area (TPSA) is 17.1 Å². The number of hydrogen-bond donors (Lipinski definition) is 0. The molecular weight excluding hydrogens is 321 g/mol. The standard InChI is InChI=1S/2C4H9.Bi.O.H/c2*1-3-4-2;;;/h2*1,3-4H2,2H3;;;. The third kappa shape index (κ3) is 6.80. The molecule has 0 aliphatic rings. The zero-order chi connectivity index (χ0) is 7.82. The summed E-state index contributed by atoms with van der Waals surface area (Å²) < 4.78 is 13.5. The molecule has 0 heterocycles. The first-order chi connectivity index (χ1) is 4.81. The second-order valence-corrected chi connectivity index (χ2v) is 10.8. The van der Waals surface area contributed by atoms with Gasteiger partial charge in [0.2, 0.25) is 0 Å². The zero-order valence-corrected chi connectivity index (χ0v) is 11.0. The van der Waals surface area contributed by atoms with Crippen LogP contribution in [0.15, 0.2) is 0 Å². The molecule has 0 rings (SSSR count). The molecule has 0 N–H and O–H groups in total. The normalized spacial score (nSPS) is 10.7. The molecular formula is C8H19BiO. The van der Waals surface area contributed by atoms with Gasteiger partial charge in [-0.3, -0.25) is 0 Å². The van der Waals surface area contributed by atoms with Crippen molar-refractivity contribution < 1.29 is 2.81 Å². The fourth-order valence-corrected chi connectivity index (χ4v) is 7.66. The fourth-order valence-electron chi connectivity index (χ4n) is 0.873. The van der Waals surface area contributed by atoms with E-state index in [0.29, 0.717) is 0 Å². The Morgan fingerprint density at radius 3 is 1.70 bits per heavy atom. The monoisotopic (exact) mass is 340 g/mol. The van der Waals surface area contributed by atoms with Gasteiger partial charge in [0.1, 0.15) is 0 Å². The van der Waals surface area contributed by atoms with Crippen molar-refractivity contribution in [3.8, 4) is 0 Å². The van der Waals surface area contributed by atoms with Crippen LogP contribution in [0.25, 0.3) is 0 Å². The Kier molecular flexibility index (Phi) is 8.32. The van der Waals surface area contributed by atoms with Gasteiger partial charge in [0.05, 0.1) is 0 Å². The van der Waals surface area contributed by atoms with E-state index in [0.717, 1.165) is 8.26 Å². The minimum atomic E-state index is -2.13. The van der Waals surface area contributed by atoms with Crippen molar-refractivity contribution >= 4 is 21.8 Å². The Hall–Kier alpha value is 0.683. The molecule has 0 spiro atoms. The van der Waals surface area contributed by atoms with Gasteiger partial charge in [-0.25, -0.2) is 0 Å². The van der Waals surface area contributed by atoms with Crippen LogP contribution in [0.4, 0.5) is 0 Å². The molecule has 2 heteroatoms. The summed E-state index contributed by atoms with van der Waals surface area (Å²) in [5.41, 5.74) is 0. The van der Waals surface area contributed by atoms with Crippen LogP contribution < -0.4 is 0 Å². The predicted octanol–water partition coefficient (Wildman–Crippen LogP) is 2.74.